The van der Waals surface area contributed by atoms with Crippen molar-refractivity contribution in [3.8, 4) is 0 Å². The lowest BCUT2D eigenvalue weighted by molar-refractivity contribution is -0.110. The van der Waals surface area contributed by atoms with Gasteiger partial charge in [-0.1, -0.05) is 26.0 Å². The van der Waals surface area contributed by atoms with Crippen LogP contribution >= 0.6 is 0 Å². The molecule has 2 heteroatoms. The number of aldehydes is 1. The molecule has 1 aliphatic rings. The molecule has 0 saturated carbocycles. The lowest BCUT2D eigenvalue weighted by atomic mass is 9.70. The van der Waals surface area contributed by atoms with E-state index in [1.807, 2.05) is 6.08 Å². The van der Waals surface area contributed by atoms with Crippen LogP contribution in [-0.4, -0.2) is 12.8 Å². The van der Waals surface area contributed by atoms with Gasteiger partial charge in [0, 0.05) is 5.92 Å². The van der Waals surface area contributed by atoms with Crippen molar-refractivity contribution in [2.24, 2.45) is 23.0 Å². The largest absolute Gasteiger partial charge is 0.330 e. The van der Waals surface area contributed by atoms with Crippen molar-refractivity contribution in [3.63, 3.8) is 0 Å². The van der Waals surface area contributed by atoms with Crippen molar-refractivity contribution < 1.29 is 4.79 Å². The number of hydrogen-bond acceptors (Lipinski definition) is 2. The van der Waals surface area contributed by atoms with Gasteiger partial charge < -0.3 is 10.5 Å². The molecule has 0 heterocycles. The van der Waals surface area contributed by atoms with E-state index < -0.39 is 0 Å². The average molecular weight is 167 g/mol. The van der Waals surface area contributed by atoms with Crippen LogP contribution in [0.4, 0.5) is 0 Å². The van der Waals surface area contributed by atoms with Crippen molar-refractivity contribution in [3.05, 3.63) is 12.2 Å². The predicted octanol–water partition coefficient (Wildman–Crippen LogP) is 1.36. The Labute approximate surface area is 73.8 Å². The summed E-state index contributed by atoms with van der Waals surface area (Å²) in [7, 11) is 0. The summed E-state index contributed by atoms with van der Waals surface area (Å²) in [5.74, 6) is 0.532. The van der Waals surface area contributed by atoms with Gasteiger partial charge in [-0.25, -0.2) is 0 Å². The molecule has 2 atom stereocenters. The highest BCUT2D eigenvalue weighted by Gasteiger charge is 2.31. The molecule has 2 N–H and O–H groups in total. The van der Waals surface area contributed by atoms with E-state index in [-0.39, 0.29) is 11.3 Å². The third-order valence-corrected chi connectivity index (χ3v) is 2.84. The fourth-order valence-electron chi connectivity index (χ4n) is 1.72. The first-order valence-electron chi connectivity index (χ1n) is 4.45. The summed E-state index contributed by atoms with van der Waals surface area (Å²) >= 11 is 0. The van der Waals surface area contributed by atoms with Gasteiger partial charge in [0.25, 0.3) is 0 Å². The van der Waals surface area contributed by atoms with Crippen molar-refractivity contribution in [2.75, 3.05) is 6.54 Å². The number of allylic oxidation sites excluding steroid dienone is 2. The highest BCUT2D eigenvalue weighted by Crippen LogP contribution is 2.36. The maximum atomic E-state index is 10.5. The maximum absolute atomic E-state index is 10.5. The van der Waals surface area contributed by atoms with Gasteiger partial charge in [0.1, 0.15) is 6.29 Å². The fraction of sp³-hybridized carbons (Fsp3) is 0.700. The Kier molecular flexibility index (Phi) is 2.68. The zero-order valence-electron chi connectivity index (χ0n) is 7.79. The van der Waals surface area contributed by atoms with Gasteiger partial charge in [-0.05, 0) is 24.3 Å². The second-order valence-corrected chi connectivity index (χ2v) is 4.15. The SMILES string of the molecule is CC1(C)C=CC(C=O)CC1CN. The lowest BCUT2D eigenvalue weighted by Crippen LogP contribution is -2.33. The van der Waals surface area contributed by atoms with E-state index in [0.717, 1.165) is 12.7 Å². The molecular formula is C10H17NO. The van der Waals surface area contributed by atoms with Gasteiger partial charge in [-0.2, -0.15) is 0 Å². The molecule has 2 unspecified atom stereocenters. The normalized spacial score (nSPS) is 33.2. The van der Waals surface area contributed by atoms with Crippen LogP contribution in [0.5, 0.6) is 0 Å². The summed E-state index contributed by atoms with van der Waals surface area (Å²) in [5.41, 5.74) is 5.81. The Morgan fingerprint density at radius 2 is 2.33 bits per heavy atom. The minimum absolute atomic E-state index is 0.0894. The number of hydrogen-bond donors (Lipinski definition) is 1. The standard InChI is InChI=1S/C10H17NO/c1-10(2)4-3-8(7-12)5-9(10)6-11/h3-4,7-9H,5-6,11H2,1-2H3. The first-order valence-corrected chi connectivity index (χ1v) is 4.45. The lowest BCUT2D eigenvalue weighted by Gasteiger charge is -2.35. The molecule has 0 spiro atoms. The topological polar surface area (TPSA) is 43.1 Å². The number of nitrogens with two attached hydrogens (primary N) is 1. The van der Waals surface area contributed by atoms with Crippen molar-refractivity contribution >= 4 is 6.29 Å². The number of carbonyl (C=O) groups excluding carboxylic acids is 1. The first kappa shape index (κ1) is 9.46. The highest BCUT2D eigenvalue weighted by molar-refractivity contribution is 5.57. The first-order chi connectivity index (χ1) is 5.60. The molecule has 0 bridgehead atoms. The second-order valence-electron chi connectivity index (χ2n) is 4.15. The smallest absolute Gasteiger partial charge is 0.126 e. The van der Waals surface area contributed by atoms with E-state index in [0.29, 0.717) is 12.5 Å². The Hall–Kier alpha value is -0.630. The Morgan fingerprint density at radius 1 is 1.67 bits per heavy atom. The quantitative estimate of drug-likeness (QED) is 0.498. The summed E-state index contributed by atoms with van der Waals surface area (Å²) in [6, 6.07) is 0. The van der Waals surface area contributed by atoms with E-state index in [1.54, 1.807) is 0 Å². The second kappa shape index (κ2) is 3.40. The third kappa shape index (κ3) is 1.75. The van der Waals surface area contributed by atoms with E-state index >= 15 is 0 Å². The highest BCUT2D eigenvalue weighted by atomic mass is 16.1. The van der Waals surface area contributed by atoms with Crippen LogP contribution in [0.2, 0.25) is 0 Å². The van der Waals surface area contributed by atoms with Crippen molar-refractivity contribution in [1.82, 2.24) is 0 Å². The summed E-state index contributed by atoms with van der Waals surface area (Å²) in [6.07, 6.45) is 6.03. The van der Waals surface area contributed by atoms with E-state index in [4.69, 9.17) is 5.73 Å². The molecule has 0 aromatic rings. The molecule has 0 amide bonds. The molecule has 0 aliphatic heterocycles. The summed E-state index contributed by atoms with van der Waals surface area (Å²) in [4.78, 5) is 10.5. The Bertz CT molecular complexity index is 196. The van der Waals surface area contributed by atoms with Gasteiger partial charge in [-0.15, -0.1) is 0 Å². The van der Waals surface area contributed by atoms with Crippen LogP contribution in [-0.2, 0) is 4.79 Å². The van der Waals surface area contributed by atoms with Gasteiger partial charge in [0.05, 0.1) is 0 Å². The van der Waals surface area contributed by atoms with Gasteiger partial charge in [-0.3, -0.25) is 0 Å². The Morgan fingerprint density at radius 3 is 2.83 bits per heavy atom. The zero-order chi connectivity index (χ0) is 9.19. The minimum atomic E-state index is 0.0894. The molecular weight excluding hydrogens is 150 g/mol. The van der Waals surface area contributed by atoms with Gasteiger partial charge in [0.15, 0.2) is 0 Å². The van der Waals surface area contributed by atoms with Crippen LogP contribution in [0.25, 0.3) is 0 Å². The van der Waals surface area contributed by atoms with Crippen LogP contribution in [0.3, 0.4) is 0 Å². The zero-order valence-corrected chi connectivity index (χ0v) is 7.79. The molecule has 0 radical (unpaired) electrons. The van der Waals surface area contributed by atoms with Gasteiger partial charge >= 0.3 is 0 Å². The average Bonchev–Trinajstić information content (AvgIpc) is 2.04. The molecule has 68 valence electrons. The molecule has 1 aliphatic carbocycles. The molecule has 0 aromatic heterocycles. The van der Waals surface area contributed by atoms with Crippen LogP contribution in [0, 0.1) is 17.3 Å². The fourth-order valence-corrected chi connectivity index (χ4v) is 1.72. The molecule has 0 aromatic carbocycles. The maximum Gasteiger partial charge on any atom is 0.126 e. The summed E-state index contributed by atoms with van der Waals surface area (Å²) in [6.45, 7) is 5.01. The number of carbonyl (C=O) groups is 1. The van der Waals surface area contributed by atoms with Gasteiger partial charge in [0.2, 0.25) is 0 Å². The minimum Gasteiger partial charge on any atom is -0.330 e. The molecule has 2 nitrogen and oxygen atoms in total. The summed E-state index contributed by atoms with van der Waals surface area (Å²) < 4.78 is 0. The number of rotatable bonds is 2. The molecule has 0 saturated heterocycles. The van der Waals surface area contributed by atoms with E-state index in [1.165, 1.54) is 0 Å². The summed E-state index contributed by atoms with van der Waals surface area (Å²) in [5, 5.41) is 0. The van der Waals surface area contributed by atoms with Crippen LogP contribution in [0.1, 0.15) is 20.3 Å². The predicted molar refractivity (Wildman–Crippen MR) is 49.6 cm³/mol. The molecule has 1 rings (SSSR count). The van der Waals surface area contributed by atoms with Crippen molar-refractivity contribution in [2.45, 2.75) is 20.3 Å². The third-order valence-electron chi connectivity index (χ3n) is 2.84. The molecule has 0 fully saturated rings. The monoisotopic (exact) mass is 167 g/mol. The van der Waals surface area contributed by atoms with Crippen molar-refractivity contribution in [1.29, 1.82) is 0 Å². The van der Waals surface area contributed by atoms with E-state index in [9.17, 15) is 4.79 Å². The van der Waals surface area contributed by atoms with Crippen LogP contribution < -0.4 is 5.73 Å². The van der Waals surface area contributed by atoms with E-state index in [2.05, 4.69) is 19.9 Å². The molecule has 12 heavy (non-hydrogen) atoms. The van der Waals surface area contributed by atoms with Crippen LogP contribution in [0.15, 0.2) is 12.2 Å². The Balaban J connectivity index is 2.76.